The molecule has 0 aliphatic rings. The van der Waals surface area contributed by atoms with Gasteiger partial charge in [-0.25, -0.2) is 4.79 Å². The number of nitrogens with zero attached hydrogens (tertiary/aromatic N) is 1. The molecule has 0 saturated heterocycles. The minimum atomic E-state index is -0.382. The number of rotatable bonds is 7. The SMILES string of the molecule is CCCCCCCC(=CC#N)C(=O)OC. The molecule has 0 rings (SSSR count). The predicted molar refractivity (Wildman–Crippen MR) is 59.1 cm³/mol. The molecule has 0 radical (unpaired) electrons. The number of ether oxygens (including phenoxy) is 1. The van der Waals surface area contributed by atoms with Gasteiger partial charge < -0.3 is 4.74 Å². The second-order valence-electron chi connectivity index (χ2n) is 3.45. The van der Waals surface area contributed by atoms with Gasteiger partial charge in [0.2, 0.25) is 0 Å². The summed E-state index contributed by atoms with van der Waals surface area (Å²) < 4.78 is 4.58. The first-order valence-corrected chi connectivity index (χ1v) is 5.43. The topological polar surface area (TPSA) is 50.1 Å². The zero-order valence-electron chi connectivity index (χ0n) is 9.58. The van der Waals surface area contributed by atoms with E-state index in [4.69, 9.17) is 5.26 Å². The van der Waals surface area contributed by atoms with E-state index < -0.39 is 0 Å². The number of allylic oxidation sites excluding steroid dienone is 1. The third-order valence-corrected chi connectivity index (χ3v) is 2.24. The lowest BCUT2D eigenvalue weighted by molar-refractivity contribution is -0.136. The Hall–Kier alpha value is -1.30. The summed E-state index contributed by atoms with van der Waals surface area (Å²) in [5.41, 5.74) is 0.483. The molecule has 0 aromatic carbocycles. The summed E-state index contributed by atoms with van der Waals surface area (Å²) in [7, 11) is 1.34. The first kappa shape index (κ1) is 13.7. The number of hydrogen-bond donors (Lipinski definition) is 0. The number of esters is 1. The van der Waals surface area contributed by atoms with Crippen LogP contribution < -0.4 is 0 Å². The Morgan fingerprint density at radius 1 is 1.33 bits per heavy atom. The molecule has 0 aliphatic heterocycles. The van der Waals surface area contributed by atoms with Gasteiger partial charge in [-0.3, -0.25) is 0 Å². The van der Waals surface area contributed by atoms with E-state index in [0.717, 1.165) is 12.8 Å². The van der Waals surface area contributed by atoms with Crippen LogP contribution in [0.1, 0.15) is 45.4 Å². The van der Waals surface area contributed by atoms with Crippen LogP contribution in [0.15, 0.2) is 11.6 Å². The summed E-state index contributed by atoms with van der Waals surface area (Å²) in [6.45, 7) is 2.16. The molecule has 0 heterocycles. The van der Waals surface area contributed by atoms with Crippen LogP contribution in [0.4, 0.5) is 0 Å². The van der Waals surface area contributed by atoms with E-state index in [0.29, 0.717) is 12.0 Å². The van der Waals surface area contributed by atoms with Crippen molar-refractivity contribution in [1.29, 1.82) is 5.26 Å². The quantitative estimate of drug-likeness (QED) is 0.280. The van der Waals surface area contributed by atoms with Crippen LogP contribution in [0.2, 0.25) is 0 Å². The van der Waals surface area contributed by atoms with Gasteiger partial charge in [0.15, 0.2) is 0 Å². The van der Waals surface area contributed by atoms with E-state index in [1.165, 1.54) is 32.4 Å². The second kappa shape index (κ2) is 9.26. The van der Waals surface area contributed by atoms with Crippen LogP contribution in [0.5, 0.6) is 0 Å². The van der Waals surface area contributed by atoms with Crippen molar-refractivity contribution in [2.75, 3.05) is 7.11 Å². The largest absolute Gasteiger partial charge is 0.466 e. The Kier molecular flexibility index (Phi) is 8.46. The van der Waals surface area contributed by atoms with E-state index in [1.54, 1.807) is 0 Å². The highest BCUT2D eigenvalue weighted by Crippen LogP contribution is 2.12. The molecule has 0 bridgehead atoms. The van der Waals surface area contributed by atoms with Crippen molar-refractivity contribution in [3.8, 4) is 6.07 Å². The summed E-state index contributed by atoms with van der Waals surface area (Å²) in [4.78, 5) is 11.2. The van der Waals surface area contributed by atoms with Gasteiger partial charge in [0, 0.05) is 11.6 Å². The summed E-state index contributed by atoms with van der Waals surface area (Å²) in [5, 5.41) is 8.49. The molecule has 0 N–H and O–H groups in total. The molecular weight excluding hydrogens is 190 g/mol. The van der Waals surface area contributed by atoms with E-state index in [-0.39, 0.29) is 5.97 Å². The lowest BCUT2D eigenvalue weighted by Gasteiger charge is -2.03. The monoisotopic (exact) mass is 209 g/mol. The average molecular weight is 209 g/mol. The molecule has 0 amide bonds. The normalized spacial score (nSPS) is 10.9. The summed E-state index contributed by atoms with van der Waals surface area (Å²) in [6.07, 6.45) is 7.61. The highest BCUT2D eigenvalue weighted by Gasteiger charge is 2.08. The fourth-order valence-corrected chi connectivity index (χ4v) is 1.36. The van der Waals surface area contributed by atoms with Crippen molar-refractivity contribution < 1.29 is 9.53 Å². The lowest BCUT2D eigenvalue weighted by atomic mass is 10.1. The number of carbonyl (C=O) groups excluding carboxylic acids is 1. The fourth-order valence-electron chi connectivity index (χ4n) is 1.36. The van der Waals surface area contributed by atoms with Crippen molar-refractivity contribution in [1.82, 2.24) is 0 Å². The minimum absolute atomic E-state index is 0.382. The molecule has 0 atom stereocenters. The second-order valence-corrected chi connectivity index (χ2v) is 3.45. The van der Waals surface area contributed by atoms with Crippen LogP contribution in [0, 0.1) is 11.3 Å². The number of methoxy groups -OCH3 is 1. The first-order chi connectivity index (χ1) is 7.26. The number of unbranched alkanes of at least 4 members (excludes halogenated alkanes) is 4. The van der Waals surface area contributed by atoms with Crippen molar-refractivity contribution >= 4 is 5.97 Å². The Morgan fingerprint density at radius 2 is 2.00 bits per heavy atom. The van der Waals surface area contributed by atoms with Gasteiger partial charge >= 0.3 is 5.97 Å². The Labute approximate surface area is 91.7 Å². The van der Waals surface area contributed by atoms with E-state index in [1.807, 2.05) is 6.07 Å². The van der Waals surface area contributed by atoms with Crippen LogP contribution in [0.3, 0.4) is 0 Å². The van der Waals surface area contributed by atoms with Crippen LogP contribution in [-0.2, 0) is 9.53 Å². The molecule has 0 unspecified atom stereocenters. The maximum atomic E-state index is 11.2. The van der Waals surface area contributed by atoms with Crippen molar-refractivity contribution in [3.05, 3.63) is 11.6 Å². The summed E-state index contributed by atoms with van der Waals surface area (Å²) in [6, 6.07) is 1.87. The third kappa shape index (κ3) is 6.73. The van der Waals surface area contributed by atoms with E-state index in [2.05, 4.69) is 11.7 Å². The third-order valence-electron chi connectivity index (χ3n) is 2.24. The number of nitriles is 1. The number of carbonyl (C=O) groups is 1. The highest BCUT2D eigenvalue weighted by atomic mass is 16.5. The van der Waals surface area contributed by atoms with E-state index in [9.17, 15) is 4.79 Å². The van der Waals surface area contributed by atoms with Crippen LogP contribution in [0.25, 0.3) is 0 Å². The van der Waals surface area contributed by atoms with Crippen molar-refractivity contribution in [2.24, 2.45) is 0 Å². The van der Waals surface area contributed by atoms with Gasteiger partial charge in [0.05, 0.1) is 13.2 Å². The van der Waals surface area contributed by atoms with Gasteiger partial charge in [0.1, 0.15) is 0 Å². The van der Waals surface area contributed by atoms with Gasteiger partial charge in [-0.15, -0.1) is 0 Å². The van der Waals surface area contributed by atoms with Gasteiger partial charge in [-0.05, 0) is 12.8 Å². The minimum Gasteiger partial charge on any atom is -0.466 e. The van der Waals surface area contributed by atoms with Gasteiger partial charge in [-0.2, -0.15) is 5.26 Å². The van der Waals surface area contributed by atoms with Crippen LogP contribution in [-0.4, -0.2) is 13.1 Å². The van der Waals surface area contributed by atoms with Gasteiger partial charge in [-0.1, -0.05) is 32.6 Å². The first-order valence-electron chi connectivity index (χ1n) is 5.43. The Morgan fingerprint density at radius 3 is 2.53 bits per heavy atom. The maximum Gasteiger partial charge on any atom is 0.334 e. The van der Waals surface area contributed by atoms with Crippen molar-refractivity contribution in [3.63, 3.8) is 0 Å². The van der Waals surface area contributed by atoms with Gasteiger partial charge in [0.25, 0.3) is 0 Å². The van der Waals surface area contributed by atoms with Crippen LogP contribution >= 0.6 is 0 Å². The van der Waals surface area contributed by atoms with Crippen molar-refractivity contribution in [2.45, 2.75) is 45.4 Å². The Balaban J connectivity index is 3.84. The summed E-state index contributed by atoms with van der Waals surface area (Å²) in [5.74, 6) is -0.382. The molecule has 15 heavy (non-hydrogen) atoms. The van der Waals surface area contributed by atoms with E-state index >= 15 is 0 Å². The highest BCUT2D eigenvalue weighted by molar-refractivity contribution is 5.88. The zero-order valence-corrected chi connectivity index (χ0v) is 9.58. The molecule has 84 valence electrons. The maximum absolute atomic E-state index is 11.2. The molecule has 0 spiro atoms. The molecule has 0 fully saturated rings. The lowest BCUT2D eigenvalue weighted by Crippen LogP contribution is -2.04. The average Bonchev–Trinajstić information content (AvgIpc) is 2.26. The molecule has 3 nitrogen and oxygen atoms in total. The molecule has 0 aliphatic carbocycles. The predicted octanol–water partition coefficient (Wildman–Crippen LogP) is 2.97. The molecule has 3 heteroatoms. The molecule has 0 aromatic heterocycles. The smallest absolute Gasteiger partial charge is 0.334 e. The standard InChI is InChI=1S/C12H19NO2/c1-3-4-5-6-7-8-11(9-10-13)12(14)15-2/h9H,3-8H2,1-2H3. The molecule has 0 saturated carbocycles. The zero-order chi connectivity index (χ0) is 11.5. The molecular formula is C12H19NO2. The molecule has 0 aromatic rings. The Bertz CT molecular complexity index is 251. The fraction of sp³-hybridized carbons (Fsp3) is 0.667. The number of hydrogen-bond acceptors (Lipinski definition) is 3. The summed E-state index contributed by atoms with van der Waals surface area (Å²) >= 11 is 0.